The second kappa shape index (κ2) is 6.00. The number of halogens is 2. The van der Waals surface area contributed by atoms with E-state index in [0.29, 0.717) is 6.42 Å². The molecule has 0 aliphatic heterocycles. The predicted molar refractivity (Wildman–Crippen MR) is 61.1 cm³/mol. The predicted octanol–water partition coefficient (Wildman–Crippen LogP) is 2.04. The molecule has 1 aromatic rings. The smallest absolute Gasteiger partial charge is 0.225 e. The van der Waals surface area contributed by atoms with Crippen LogP contribution in [0.3, 0.4) is 0 Å². The van der Waals surface area contributed by atoms with Crippen LogP contribution in [0.15, 0.2) is 18.2 Å². The Labute approximate surface area is 99.0 Å². The van der Waals surface area contributed by atoms with Crippen LogP contribution in [0.2, 0.25) is 0 Å². The van der Waals surface area contributed by atoms with E-state index in [1.165, 1.54) is 6.07 Å². The highest BCUT2D eigenvalue weighted by Gasteiger charge is 2.14. The van der Waals surface area contributed by atoms with E-state index in [4.69, 9.17) is 6.42 Å². The number of carbonyl (C=O) groups excluding carboxylic acids is 1. The lowest BCUT2D eigenvalue weighted by atomic mass is 10.1. The Morgan fingerprint density at radius 3 is 2.53 bits per heavy atom. The second-order valence-electron chi connectivity index (χ2n) is 3.57. The van der Waals surface area contributed by atoms with Crippen LogP contribution in [0.25, 0.3) is 0 Å². The summed E-state index contributed by atoms with van der Waals surface area (Å²) in [4.78, 5) is 11.5. The molecule has 4 heteroatoms. The topological polar surface area (TPSA) is 29.1 Å². The molecule has 17 heavy (non-hydrogen) atoms. The lowest BCUT2D eigenvalue weighted by Crippen LogP contribution is -2.34. The molecule has 1 aromatic carbocycles. The molecular weight excluding hydrogens is 224 g/mol. The molecule has 0 aromatic heterocycles. The normalized spacial score (nSPS) is 11.6. The Morgan fingerprint density at radius 1 is 1.47 bits per heavy atom. The van der Waals surface area contributed by atoms with Crippen molar-refractivity contribution in [2.75, 3.05) is 0 Å². The van der Waals surface area contributed by atoms with E-state index in [2.05, 4.69) is 11.2 Å². The number of hydrogen-bond acceptors (Lipinski definition) is 1. The highest BCUT2D eigenvalue weighted by molar-refractivity contribution is 5.79. The fourth-order valence-electron chi connectivity index (χ4n) is 1.37. The summed E-state index contributed by atoms with van der Waals surface area (Å²) in [6.45, 7) is 1.81. The molecule has 0 aliphatic rings. The van der Waals surface area contributed by atoms with Crippen molar-refractivity contribution in [3.8, 4) is 12.3 Å². The van der Waals surface area contributed by atoms with Crippen LogP contribution in [-0.4, -0.2) is 11.9 Å². The van der Waals surface area contributed by atoms with Crippen molar-refractivity contribution in [3.05, 3.63) is 35.4 Å². The molecule has 1 N–H and O–H groups in total. The van der Waals surface area contributed by atoms with Gasteiger partial charge in [0.1, 0.15) is 11.6 Å². The molecule has 0 radical (unpaired) electrons. The summed E-state index contributed by atoms with van der Waals surface area (Å²) in [5, 5.41) is 2.51. The molecule has 0 saturated carbocycles. The van der Waals surface area contributed by atoms with Gasteiger partial charge >= 0.3 is 0 Å². The maximum atomic E-state index is 13.3. The average molecular weight is 237 g/mol. The van der Waals surface area contributed by atoms with E-state index in [-0.39, 0.29) is 12.0 Å². The zero-order valence-electron chi connectivity index (χ0n) is 9.47. The van der Waals surface area contributed by atoms with E-state index in [0.717, 1.165) is 12.1 Å². The van der Waals surface area contributed by atoms with Gasteiger partial charge in [-0.2, -0.15) is 0 Å². The van der Waals surface area contributed by atoms with Gasteiger partial charge in [0.05, 0.1) is 12.5 Å². The highest BCUT2D eigenvalue weighted by atomic mass is 19.1. The zero-order chi connectivity index (χ0) is 12.8. The zero-order valence-corrected chi connectivity index (χ0v) is 9.47. The Morgan fingerprint density at radius 2 is 2.06 bits per heavy atom. The highest BCUT2D eigenvalue weighted by Crippen LogP contribution is 2.12. The van der Waals surface area contributed by atoms with Gasteiger partial charge in [0.25, 0.3) is 0 Å². The minimum atomic E-state index is -0.728. The Bertz CT molecular complexity index is 431. The summed E-state index contributed by atoms with van der Waals surface area (Å²) in [7, 11) is 0. The molecule has 0 spiro atoms. The lowest BCUT2D eigenvalue weighted by molar-refractivity contribution is -0.120. The van der Waals surface area contributed by atoms with Gasteiger partial charge in [-0.25, -0.2) is 8.78 Å². The van der Waals surface area contributed by atoms with Crippen molar-refractivity contribution >= 4 is 5.91 Å². The van der Waals surface area contributed by atoms with Gasteiger partial charge in [-0.15, -0.1) is 6.42 Å². The number of hydrogen-bond donors (Lipinski definition) is 1. The van der Waals surface area contributed by atoms with Crippen molar-refractivity contribution in [1.29, 1.82) is 0 Å². The molecule has 0 bridgehead atoms. The van der Waals surface area contributed by atoms with Crippen LogP contribution in [0.1, 0.15) is 18.9 Å². The van der Waals surface area contributed by atoms with Gasteiger partial charge in [-0.05, 0) is 18.6 Å². The van der Waals surface area contributed by atoms with Crippen molar-refractivity contribution in [2.24, 2.45) is 0 Å². The third-order valence-electron chi connectivity index (χ3n) is 2.34. The lowest BCUT2D eigenvalue weighted by Gasteiger charge is -2.11. The van der Waals surface area contributed by atoms with Crippen LogP contribution in [0, 0.1) is 24.0 Å². The molecule has 1 unspecified atom stereocenters. The van der Waals surface area contributed by atoms with Gasteiger partial charge < -0.3 is 5.32 Å². The molecule has 2 nitrogen and oxygen atoms in total. The largest absolute Gasteiger partial charge is 0.342 e. The van der Waals surface area contributed by atoms with Crippen molar-refractivity contribution < 1.29 is 13.6 Å². The van der Waals surface area contributed by atoms with E-state index in [9.17, 15) is 13.6 Å². The minimum Gasteiger partial charge on any atom is -0.342 e. The number of rotatable bonds is 4. The third kappa shape index (κ3) is 3.56. The number of amides is 1. The van der Waals surface area contributed by atoms with E-state index < -0.39 is 23.6 Å². The van der Waals surface area contributed by atoms with Gasteiger partial charge in [-0.1, -0.05) is 18.9 Å². The van der Waals surface area contributed by atoms with Gasteiger partial charge in [-0.3, -0.25) is 4.79 Å². The summed E-state index contributed by atoms with van der Waals surface area (Å²) in [5.74, 6) is 0.435. The summed E-state index contributed by atoms with van der Waals surface area (Å²) in [6, 6.07) is 3.08. The number of terminal acetylenes is 1. The molecule has 1 rings (SSSR count). The SMILES string of the molecule is C#CC(CC)NC(=O)Cc1c(F)cccc1F. The second-order valence-corrected chi connectivity index (χ2v) is 3.57. The first-order chi connectivity index (χ1) is 8.08. The first-order valence-electron chi connectivity index (χ1n) is 5.26. The monoisotopic (exact) mass is 237 g/mol. The van der Waals surface area contributed by atoms with Gasteiger partial charge in [0.15, 0.2) is 0 Å². The van der Waals surface area contributed by atoms with Crippen LogP contribution in [-0.2, 0) is 11.2 Å². The van der Waals surface area contributed by atoms with Crippen LogP contribution >= 0.6 is 0 Å². The molecular formula is C13H13F2NO. The first kappa shape index (κ1) is 13.2. The van der Waals surface area contributed by atoms with Crippen molar-refractivity contribution in [3.63, 3.8) is 0 Å². The number of carbonyl (C=O) groups is 1. The summed E-state index contributed by atoms with van der Waals surface area (Å²) >= 11 is 0. The maximum Gasteiger partial charge on any atom is 0.225 e. The quantitative estimate of drug-likeness (QED) is 0.798. The summed E-state index contributed by atoms with van der Waals surface area (Å²) in [6.07, 6.45) is 5.39. The van der Waals surface area contributed by atoms with Crippen molar-refractivity contribution in [1.82, 2.24) is 5.32 Å². The molecule has 0 heterocycles. The van der Waals surface area contributed by atoms with Crippen LogP contribution in [0.5, 0.6) is 0 Å². The molecule has 90 valence electrons. The number of benzene rings is 1. The van der Waals surface area contributed by atoms with Crippen LogP contribution in [0.4, 0.5) is 8.78 Å². The molecule has 0 aliphatic carbocycles. The standard InChI is InChI=1S/C13H13F2NO/c1-3-9(4-2)16-13(17)8-10-11(14)6-5-7-12(10)15/h1,5-7,9H,4,8H2,2H3,(H,16,17). The summed E-state index contributed by atoms with van der Waals surface area (Å²) in [5.41, 5.74) is -0.239. The third-order valence-corrected chi connectivity index (χ3v) is 2.34. The fourth-order valence-corrected chi connectivity index (χ4v) is 1.37. The molecule has 0 fully saturated rings. The minimum absolute atomic E-state index is 0.239. The maximum absolute atomic E-state index is 13.3. The fraction of sp³-hybridized carbons (Fsp3) is 0.308. The Kier molecular flexibility index (Phi) is 4.65. The van der Waals surface area contributed by atoms with E-state index >= 15 is 0 Å². The first-order valence-corrected chi connectivity index (χ1v) is 5.26. The van der Waals surface area contributed by atoms with Gasteiger partial charge in [0, 0.05) is 5.56 Å². The van der Waals surface area contributed by atoms with E-state index in [1.54, 1.807) is 0 Å². The van der Waals surface area contributed by atoms with Crippen LogP contribution < -0.4 is 5.32 Å². The molecule has 0 saturated heterocycles. The van der Waals surface area contributed by atoms with Crippen molar-refractivity contribution in [2.45, 2.75) is 25.8 Å². The molecule has 1 amide bonds. The summed E-state index contributed by atoms with van der Waals surface area (Å²) < 4.78 is 26.5. The molecule has 1 atom stereocenters. The van der Waals surface area contributed by atoms with Gasteiger partial charge in [0.2, 0.25) is 5.91 Å². The van der Waals surface area contributed by atoms with E-state index in [1.807, 2.05) is 6.92 Å². The average Bonchev–Trinajstić information content (AvgIpc) is 2.31. The Balaban J connectivity index is 2.72. The Hall–Kier alpha value is -1.89. The number of nitrogens with one attached hydrogen (secondary N) is 1.